The van der Waals surface area contributed by atoms with Crippen LogP contribution < -0.4 is 15.5 Å². The van der Waals surface area contributed by atoms with E-state index in [4.69, 9.17) is 0 Å². The number of fused-ring (bicyclic) bond motifs is 4. The summed E-state index contributed by atoms with van der Waals surface area (Å²) in [5, 5.41) is 6.05. The highest BCUT2D eigenvalue weighted by atomic mass is 19.1. The summed E-state index contributed by atoms with van der Waals surface area (Å²) >= 11 is 0. The number of hydrogen-bond donors (Lipinski definition) is 2. The molecular weight excluding hydrogens is 349 g/mol. The van der Waals surface area contributed by atoms with Gasteiger partial charge in [0.05, 0.1) is 17.5 Å². The maximum Gasteiger partial charge on any atom is 0.250 e. The van der Waals surface area contributed by atoms with Crippen LogP contribution in [-0.2, 0) is 19.9 Å². The van der Waals surface area contributed by atoms with E-state index in [-0.39, 0.29) is 17.6 Å². The first-order valence-electron chi connectivity index (χ1n) is 8.77. The summed E-state index contributed by atoms with van der Waals surface area (Å²) in [4.78, 5) is 40.4. The summed E-state index contributed by atoms with van der Waals surface area (Å²) in [5.41, 5.74) is 0.188. The summed E-state index contributed by atoms with van der Waals surface area (Å²) in [7, 11) is 0. The van der Waals surface area contributed by atoms with Gasteiger partial charge in [-0.25, -0.2) is 9.29 Å². The third-order valence-corrected chi connectivity index (χ3v) is 5.84. The van der Waals surface area contributed by atoms with Crippen molar-refractivity contribution < 1.29 is 18.8 Å². The van der Waals surface area contributed by atoms with Gasteiger partial charge in [-0.15, -0.1) is 0 Å². The molecule has 2 N–H and O–H groups in total. The normalized spacial score (nSPS) is 31.4. The van der Waals surface area contributed by atoms with Crippen LogP contribution in [0.2, 0.25) is 0 Å². The van der Waals surface area contributed by atoms with Gasteiger partial charge in [-0.05, 0) is 31.2 Å². The fraction of sp³-hybridized carbons (Fsp3) is 0.250. The molecule has 1 spiro atoms. The molecule has 4 atom stereocenters. The second kappa shape index (κ2) is 5.23. The van der Waals surface area contributed by atoms with Gasteiger partial charge in [0.15, 0.2) is 0 Å². The van der Waals surface area contributed by atoms with Crippen molar-refractivity contribution in [2.45, 2.75) is 18.5 Å². The van der Waals surface area contributed by atoms with Crippen LogP contribution in [0.4, 0.5) is 15.8 Å². The van der Waals surface area contributed by atoms with Crippen molar-refractivity contribution in [3.63, 3.8) is 0 Å². The number of imide groups is 1. The average molecular weight is 365 g/mol. The fourth-order valence-corrected chi connectivity index (χ4v) is 4.79. The van der Waals surface area contributed by atoms with Crippen LogP contribution >= 0.6 is 0 Å². The molecule has 136 valence electrons. The molecule has 2 saturated heterocycles. The first-order chi connectivity index (χ1) is 12.9. The zero-order valence-corrected chi connectivity index (χ0v) is 14.4. The van der Waals surface area contributed by atoms with E-state index < -0.39 is 35.0 Å². The van der Waals surface area contributed by atoms with Gasteiger partial charge in [-0.1, -0.05) is 24.3 Å². The predicted octanol–water partition coefficient (Wildman–Crippen LogP) is 1.77. The van der Waals surface area contributed by atoms with Crippen molar-refractivity contribution in [2.75, 3.05) is 10.2 Å². The Morgan fingerprint density at radius 1 is 1.04 bits per heavy atom. The molecule has 27 heavy (non-hydrogen) atoms. The number of para-hydroxylation sites is 1. The maximum absolute atomic E-state index is 13.7. The van der Waals surface area contributed by atoms with E-state index in [1.165, 1.54) is 18.2 Å². The zero-order chi connectivity index (χ0) is 18.9. The Labute approximate surface area is 154 Å². The lowest BCUT2D eigenvalue weighted by atomic mass is 9.76. The SMILES string of the molecule is C[C@@H]1N[C@]2(C(=O)Nc3ccccc32)[C@H]2C(=O)N(c3cccc(F)c3)C(=O)[C@@H]12. The Bertz CT molecular complexity index is 1020. The lowest BCUT2D eigenvalue weighted by molar-refractivity contribution is -0.130. The van der Waals surface area contributed by atoms with E-state index in [0.29, 0.717) is 11.3 Å². The highest BCUT2D eigenvalue weighted by molar-refractivity contribution is 6.25. The summed E-state index contributed by atoms with van der Waals surface area (Å²) < 4.78 is 13.7. The Kier molecular flexibility index (Phi) is 3.13. The minimum atomic E-state index is -1.30. The van der Waals surface area contributed by atoms with Crippen LogP contribution in [0.15, 0.2) is 48.5 Å². The van der Waals surface area contributed by atoms with Crippen molar-refractivity contribution >= 4 is 29.1 Å². The molecule has 0 bridgehead atoms. The van der Waals surface area contributed by atoms with Crippen molar-refractivity contribution in [2.24, 2.45) is 11.8 Å². The predicted molar refractivity (Wildman–Crippen MR) is 95.2 cm³/mol. The molecular formula is C20H16FN3O3. The van der Waals surface area contributed by atoms with E-state index >= 15 is 0 Å². The van der Waals surface area contributed by atoms with E-state index in [2.05, 4.69) is 10.6 Å². The summed E-state index contributed by atoms with van der Waals surface area (Å²) in [5.74, 6) is -3.35. The molecule has 2 aromatic carbocycles. The molecule has 6 nitrogen and oxygen atoms in total. The number of carbonyl (C=O) groups excluding carboxylic acids is 3. The minimum Gasteiger partial charge on any atom is -0.324 e. The van der Waals surface area contributed by atoms with Gasteiger partial charge in [0, 0.05) is 17.3 Å². The molecule has 2 fully saturated rings. The molecule has 0 aromatic heterocycles. The Morgan fingerprint density at radius 3 is 2.59 bits per heavy atom. The largest absolute Gasteiger partial charge is 0.324 e. The van der Waals surface area contributed by atoms with Crippen molar-refractivity contribution in [1.29, 1.82) is 0 Å². The van der Waals surface area contributed by atoms with Gasteiger partial charge in [-0.3, -0.25) is 19.7 Å². The molecule has 0 saturated carbocycles. The highest BCUT2D eigenvalue weighted by Crippen LogP contribution is 2.53. The van der Waals surface area contributed by atoms with Gasteiger partial charge < -0.3 is 5.32 Å². The number of nitrogens with one attached hydrogen (secondary N) is 2. The number of rotatable bonds is 1. The van der Waals surface area contributed by atoms with Crippen LogP contribution in [0.5, 0.6) is 0 Å². The van der Waals surface area contributed by atoms with Gasteiger partial charge in [0.25, 0.3) is 0 Å². The third-order valence-electron chi connectivity index (χ3n) is 5.84. The molecule has 3 aliphatic rings. The summed E-state index contributed by atoms with van der Waals surface area (Å²) in [6, 6.07) is 12.2. The van der Waals surface area contributed by atoms with Crippen LogP contribution in [0.25, 0.3) is 0 Å². The molecule has 0 radical (unpaired) electrons. The van der Waals surface area contributed by atoms with Gasteiger partial charge >= 0.3 is 0 Å². The van der Waals surface area contributed by atoms with Gasteiger partial charge in [0.2, 0.25) is 17.7 Å². The third kappa shape index (κ3) is 1.89. The van der Waals surface area contributed by atoms with Crippen LogP contribution in [0, 0.1) is 17.7 Å². The molecule has 3 heterocycles. The van der Waals surface area contributed by atoms with Crippen LogP contribution in [0.1, 0.15) is 12.5 Å². The zero-order valence-electron chi connectivity index (χ0n) is 14.4. The number of amides is 3. The Balaban J connectivity index is 1.67. The molecule has 7 heteroatoms. The Hall–Kier alpha value is -3.06. The van der Waals surface area contributed by atoms with E-state index in [1.807, 2.05) is 0 Å². The maximum atomic E-state index is 13.7. The number of anilines is 2. The van der Waals surface area contributed by atoms with Crippen molar-refractivity contribution in [3.05, 3.63) is 59.9 Å². The Morgan fingerprint density at radius 2 is 1.81 bits per heavy atom. The highest BCUT2D eigenvalue weighted by Gasteiger charge is 2.69. The number of halogens is 1. The molecule has 5 rings (SSSR count). The number of nitrogens with zero attached hydrogens (tertiary/aromatic N) is 1. The molecule has 0 unspecified atom stereocenters. The van der Waals surface area contributed by atoms with Crippen molar-refractivity contribution in [3.8, 4) is 0 Å². The molecule has 0 aliphatic carbocycles. The first-order valence-corrected chi connectivity index (χ1v) is 8.77. The lowest BCUT2D eigenvalue weighted by Crippen LogP contribution is -2.53. The second-order valence-corrected chi connectivity index (χ2v) is 7.24. The quantitative estimate of drug-likeness (QED) is 0.755. The van der Waals surface area contributed by atoms with Crippen LogP contribution in [0.3, 0.4) is 0 Å². The summed E-state index contributed by atoms with van der Waals surface area (Å²) in [6.07, 6.45) is 0. The molecule has 3 aliphatic heterocycles. The topological polar surface area (TPSA) is 78.5 Å². The van der Waals surface area contributed by atoms with Crippen LogP contribution in [-0.4, -0.2) is 23.8 Å². The number of benzene rings is 2. The molecule has 2 aromatic rings. The number of hydrogen-bond acceptors (Lipinski definition) is 4. The van der Waals surface area contributed by atoms with E-state index in [1.54, 1.807) is 31.2 Å². The monoisotopic (exact) mass is 365 g/mol. The van der Waals surface area contributed by atoms with E-state index in [9.17, 15) is 18.8 Å². The van der Waals surface area contributed by atoms with Crippen molar-refractivity contribution in [1.82, 2.24) is 5.32 Å². The summed E-state index contributed by atoms with van der Waals surface area (Å²) in [6.45, 7) is 1.79. The van der Waals surface area contributed by atoms with E-state index in [0.717, 1.165) is 11.0 Å². The first kappa shape index (κ1) is 16.1. The number of carbonyl (C=O) groups is 3. The minimum absolute atomic E-state index is 0.188. The van der Waals surface area contributed by atoms with Gasteiger partial charge in [0.1, 0.15) is 11.4 Å². The second-order valence-electron chi connectivity index (χ2n) is 7.24. The molecule has 3 amide bonds. The average Bonchev–Trinajstić information content (AvgIpc) is 3.20. The fourth-order valence-electron chi connectivity index (χ4n) is 4.79. The smallest absolute Gasteiger partial charge is 0.250 e. The van der Waals surface area contributed by atoms with Gasteiger partial charge in [-0.2, -0.15) is 0 Å². The lowest BCUT2D eigenvalue weighted by Gasteiger charge is -2.29. The standard InChI is InChI=1S/C20H16FN3O3/c1-10-15-16(18(26)24(17(15)25)12-6-4-5-11(21)9-12)20(23-10)13-7-2-3-8-14(13)22-19(20)27/h2-10,15-16,23H,1H3,(H,22,27)/t10-,15-,16+,20-/m0/s1.